The summed E-state index contributed by atoms with van der Waals surface area (Å²) in [6.07, 6.45) is 0.929. The highest BCUT2D eigenvalue weighted by Gasteiger charge is 2.34. The van der Waals surface area contributed by atoms with Gasteiger partial charge in [0.1, 0.15) is 12.6 Å². The zero-order chi connectivity index (χ0) is 31.7. The van der Waals surface area contributed by atoms with Crippen LogP contribution in [-0.2, 0) is 32.6 Å². The molecule has 0 aromatic heterocycles. The number of hydrogen-bond acceptors (Lipinski definition) is 4. The van der Waals surface area contributed by atoms with Gasteiger partial charge in [0.25, 0.3) is 10.0 Å². The van der Waals surface area contributed by atoms with Crippen LogP contribution in [0.3, 0.4) is 0 Å². The Hall–Kier alpha value is -3.12. The van der Waals surface area contributed by atoms with Crippen LogP contribution in [0.25, 0.3) is 0 Å². The molecule has 2 amide bonds. The molecule has 4 aromatic carbocycles. The van der Waals surface area contributed by atoms with Crippen LogP contribution in [0.4, 0.5) is 5.69 Å². The number of nitrogens with zero attached hydrogens (tertiary/aromatic N) is 2. The van der Waals surface area contributed by atoms with Crippen molar-refractivity contribution < 1.29 is 18.0 Å². The number of nitrogens with one attached hydrogen (secondary N) is 1. The van der Waals surface area contributed by atoms with Gasteiger partial charge in [0, 0.05) is 23.1 Å². The molecule has 0 unspecified atom stereocenters. The van der Waals surface area contributed by atoms with E-state index in [9.17, 15) is 18.0 Å². The maximum atomic E-state index is 14.4. The molecule has 4 rings (SSSR count). The summed E-state index contributed by atoms with van der Waals surface area (Å²) in [5.41, 5.74) is 1.82. The lowest BCUT2D eigenvalue weighted by molar-refractivity contribution is -0.140. The number of carbonyl (C=O) groups excluding carboxylic acids is 2. The molecule has 7 nitrogen and oxygen atoms in total. The first-order valence-electron chi connectivity index (χ1n) is 14.0. The molecule has 0 aliphatic heterocycles. The van der Waals surface area contributed by atoms with Gasteiger partial charge >= 0.3 is 0 Å². The van der Waals surface area contributed by atoms with Crippen LogP contribution in [0.5, 0.6) is 0 Å². The number of rotatable bonds is 13. The summed E-state index contributed by atoms with van der Waals surface area (Å²) in [7, 11) is -4.16. The smallest absolute Gasteiger partial charge is 0.264 e. The van der Waals surface area contributed by atoms with E-state index in [1.165, 1.54) is 17.0 Å². The summed E-state index contributed by atoms with van der Waals surface area (Å²) in [4.78, 5) is 29.6. The van der Waals surface area contributed by atoms with Crippen molar-refractivity contribution in [1.29, 1.82) is 0 Å². The van der Waals surface area contributed by atoms with Crippen molar-refractivity contribution in [3.63, 3.8) is 0 Å². The summed E-state index contributed by atoms with van der Waals surface area (Å²) in [5, 5.41) is 3.59. The van der Waals surface area contributed by atoms with Crippen LogP contribution in [0.1, 0.15) is 24.5 Å². The highest BCUT2D eigenvalue weighted by molar-refractivity contribution is 14.1. The van der Waals surface area contributed by atoms with Gasteiger partial charge in [-0.3, -0.25) is 13.9 Å². The van der Waals surface area contributed by atoms with Gasteiger partial charge in [0.05, 0.1) is 20.6 Å². The van der Waals surface area contributed by atoms with E-state index in [2.05, 4.69) is 27.9 Å². The monoisotopic (exact) mass is 763 g/mol. The van der Waals surface area contributed by atoms with Crippen LogP contribution in [0, 0.1) is 3.57 Å². The number of halogens is 3. The van der Waals surface area contributed by atoms with Crippen molar-refractivity contribution in [2.24, 2.45) is 0 Å². The molecule has 0 bridgehead atoms. The Morgan fingerprint density at radius 1 is 0.841 bits per heavy atom. The van der Waals surface area contributed by atoms with Crippen molar-refractivity contribution in [1.82, 2.24) is 10.2 Å². The minimum Gasteiger partial charge on any atom is -0.354 e. The normalized spacial score (nSPS) is 11.9. The predicted octanol–water partition coefficient (Wildman–Crippen LogP) is 6.96. The molecule has 4 aromatic rings. The SMILES string of the molecule is CCCNC(=O)[C@H](Cc1ccccc1)N(Cc1ccc(Cl)c(Cl)c1)C(=O)CN(c1ccc(I)cc1)S(=O)(=O)c1ccccc1. The lowest BCUT2D eigenvalue weighted by atomic mass is 10.0. The molecule has 1 N–H and O–H groups in total. The van der Waals surface area contributed by atoms with Crippen molar-refractivity contribution in [2.45, 2.75) is 37.2 Å². The van der Waals surface area contributed by atoms with Crippen molar-refractivity contribution in [3.05, 3.63) is 128 Å². The molecule has 0 saturated heterocycles. The van der Waals surface area contributed by atoms with Crippen LogP contribution >= 0.6 is 45.8 Å². The summed E-state index contributed by atoms with van der Waals surface area (Å²) in [6, 6.07) is 28.3. The zero-order valence-corrected chi connectivity index (χ0v) is 28.5. The average molecular weight is 765 g/mol. The highest BCUT2D eigenvalue weighted by Crippen LogP contribution is 2.27. The average Bonchev–Trinajstić information content (AvgIpc) is 3.03. The minimum atomic E-state index is -4.16. The molecule has 0 spiro atoms. The quantitative estimate of drug-likeness (QED) is 0.149. The number of benzene rings is 4. The van der Waals surface area contributed by atoms with E-state index in [4.69, 9.17) is 23.2 Å². The Morgan fingerprint density at radius 2 is 1.48 bits per heavy atom. The fourth-order valence-corrected chi connectivity index (χ4v) is 6.73. The van der Waals surface area contributed by atoms with Gasteiger partial charge in [-0.15, -0.1) is 0 Å². The number of carbonyl (C=O) groups is 2. The topological polar surface area (TPSA) is 86.8 Å². The maximum absolute atomic E-state index is 14.4. The fourth-order valence-electron chi connectivity index (χ4n) is 4.61. The first kappa shape index (κ1) is 33.8. The third kappa shape index (κ3) is 8.74. The van der Waals surface area contributed by atoms with Crippen LogP contribution in [0.15, 0.2) is 108 Å². The van der Waals surface area contributed by atoms with Crippen LogP contribution in [0.2, 0.25) is 10.0 Å². The first-order valence-corrected chi connectivity index (χ1v) is 17.3. The second kappa shape index (κ2) is 15.7. The predicted molar refractivity (Wildman–Crippen MR) is 184 cm³/mol. The third-order valence-electron chi connectivity index (χ3n) is 6.88. The summed E-state index contributed by atoms with van der Waals surface area (Å²) >= 11 is 14.6. The van der Waals surface area contributed by atoms with Gasteiger partial charge in [-0.25, -0.2) is 8.42 Å². The summed E-state index contributed by atoms with van der Waals surface area (Å²) in [6.45, 7) is 1.83. The number of anilines is 1. The third-order valence-corrected chi connectivity index (χ3v) is 10.1. The van der Waals surface area contributed by atoms with E-state index >= 15 is 0 Å². The van der Waals surface area contributed by atoms with E-state index in [1.54, 1.807) is 60.7 Å². The molecule has 0 aliphatic rings. The molecule has 0 saturated carbocycles. The molecule has 0 radical (unpaired) electrons. The Kier molecular flexibility index (Phi) is 12.1. The second-order valence-electron chi connectivity index (χ2n) is 10.1. The maximum Gasteiger partial charge on any atom is 0.264 e. The van der Waals surface area contributed by atoms with Gasteiger partial charge in [-0.2, -0.15) is 0 Å². The molecule has 0 heterocycles. The van der Waals surface area contributed by atoms with Gasteiger partial charge in [0.15, 0.2) is 0 Å². The van der Waals surface area contributed by atoms with Gasteiger partial charge in [-0.1, -0.05) is 84.7 Å². The van der Waals surface area contributed by atoms with Gasteiger partial charge in [-0.05, 0) is 88.7 Å². The molecule has 230 valence electrons. The largest absolute Gasteiger partial charge is 0.354 e. The minimum absolute atomic E-state index is 0.00131. The van der Waals surface area contributed by atoms with E-state index in [1.807, 2.05) is 37.3 Å². The number of amides is 2. The Bertz CT molecular complexity index is 1670. The number of hydrogen-bond donors (Lipinski definition) is 1. The van der Waals surface area contributed by atoms with E-state index in [0.29, 0.717) is 34.3 Å². The van der Waals surface area contributed by atoms with Crippen molar-refractivity contribution >= 4 is 73.3 Å². The molecule has 11 heteroatoms. The standard InChI is InChI=1S/C33H32Cl2IN3O4S/c1-2-19-37-33(41)31(21-24-9-5-3-6-10-24)38(22-25-13-18-29(34)30(35)20-25)32(40)23-39(27-16-14-26(36)15-17-27)44(42,43)28-11-7-4-8-12-28/h3-18,20,31H,2,19,21-23H2,1H3,(H,37,41)/t31-/m0/s1. The van der Waals surface area contributed by atoms with Gasteiger partial charge in [0.2, 0.25) is 11.8 Å². The van der Waals surface area contributed by atoms with E-state index < -0.39 is 28.5 Å². The van der Waals surface area contributed by atoms with Crippen LogP contribution in [-0.4, -0.2) is 44.3 Å². The molecular formula is C33H32Cl2IN3O4S. The summed E-state index contributed by atoms with van der Waals surface area (Å²) in [5.74, 6) is -0.891. The number of sulfonamides is 1. The van der Waals surface area contributed by atoms with E-state index in [0.717, 1.165) is 13.4 Å². The molecule has 1 atom stereocenters. The first-order chi connectivity index (χ1) is 21.1. The van der Waals surface area contributed by atoms with Gasteiger partial charge < -0.3 is 10.2 Å². The summed E-state index contributed by atoms with van der Waals surface area (Å²) < 4.78 is 30.0. The second-order valence-corrected chi connectivity index (χ2v) is 14.0. The Labute approximate surface area is 282 Å². The Balaban J connectivity index is 1.80. The fraction of sp³-hybridized carbons (Fsp3) is 0.212. The highest BCUT2D eigenvalue weighted by atomic mass is 127. The van der Waals surface area contributed by atoms with E-state index in [-0.39, 0.29) is 23.8 Å². The molecular weight excluding hydrogens is 732 g/mol. The Morgan fingerprint density at radius 3 is 2.09 bits per heavy atom. The molecule has 0 aliphatic carbocycles. The molecule has 0 fully saturated rings. The molecule has 44 heavy (non-hydrogen) atoms. The lowest BCUT2D eigenvalue weighted by Crippen LogP contribution is -2.53. The lowest BCUT2D eigenvalue weighted by Gasteiger charge is -2.34. The van der Waals surface area contributed by atoms with Crippen LogP contribution < -0.4 is 9.62 Å². The van der Waals surface area contributed by atoms with Crippen molar-refractivity contribution in [3.8, 4) is 0 Å². The van der Waals surface area contributed by atoms with Crippen molar-refractivity contribution in [2.75, 3.05) is 17.4 Å². The zero-order valence-electron chi connectivity index (χ0n) is 24.0.